The standard InChI is InChI=1S/C18H20F2N2O2S/c1-3-24-14-8-4-12(5-9-14)17-21-11(2)16(25-17)18(23)22(10-15(19)20)13-6-7-13/h4-5,8-9,13,15H,3,6-7,10H2,1-2H3. The molecule has 7 heteroatoms. The zero-order valence-corrected chi connectivity index (χ0v) is 15.0. The molecule has 1 aliphatic rings. The highest BCUT2D eigenvalue weighted by Crippen LogP contribution is 2.33. The topological polar surface area (TPSA) is 42.4 Å². The molecule has 0 bridgehead atoms. The van der Waals surface area contributed by atoms with E-state index in [-0.39, 0.29) is 11.9 Å². The van der Waals surface area contributed by atoms with Crippen LogP contribution >= 0.6 is 11.3 Å². The van der Waals surface area contributed by atoms with Gasteiger partial charge in [0.25, 0.3) is 12.3 Å². The average Bonchev–Trinajstić information content (AvgIpc) is 3.35. The van der Waals surface area contributed by atoms with Crippen LogP contribution in [0.5, 0.6) is 5.75 Å². The Morgan fingerprint density at radius 1 is 1.36 bits per heavy atom. The number of ether oxygens (including phenoxy) is 1. The summed E-state index contributed by atoms with van der Waals surface area (Å²) in [6.07, 6.45) is -0.937. The lowest BCUT2D eigenvalue weighted by molar-refractivity contribution is 0.0537. The van der Waals surface area contributed by atoms with Gasteiger partial charge in [0, 0.05) is 11.6 Å². The number of hydrogen-bond acceptors (Lipinski definition) is 4. The van der Waals surface area contributed by atoms with E-state index in [1.165, 1.54) is 16.2 Å². The number of rotatable bonds is 7. The molecule has 1 fully saturated rings. The van der Waals surface area contributed by atoms with Crippen molar-refractivity contribution in [3.8, 4) is 16.3 Å². The van der Waals surface area contributed by atoms with Crippen molar-refractivity contribution in [2.45, 2.75) is 39.2 Å². The van der Waals surface area contributed by atoms with Crippen LogP contribution in [0.25, 0.3) is 10.6 Å². The Balaban J connectivity index is 1.82. The molecule has 0 unspecified atom stereocenters. The molecule has 2 aromatic rings. The molecule has 1 aromatic carbocycles. The lowest BCUT2D eigenvalue weighted by atomic mass is 10.2. The van der Waals surface area contributed by atoms with Crippen LogP contribution in [0.2, 0.25) is 0 Å². The first-order valence-corrected chi connectivity index (χ1v) is 9.11. The molecule has 1 heterocycles. The summed E-state index contributed by atoms with van der Waals surface area (Å²) in [5.74, 6) is 0.433. The van der Waals surface area contributed by atoms with E-state index in [2.05, 4.69) is 4.98 Å². The Bertz CT molecular complexity index is 742. The maximum atomic E-state index is 12.8. The summed E-state index contributed by atoms with van der Waals surface area (Å²) in [6.45, 7) is 3.74. The second-order valence-corrected chi connectivity index (χ2v) is 6.97. The van der Waals surface area contributed by atoms with Crippen LogP contribution in [-0.4, -0.2) is 41.4 Å². The number of hydrogen-bond donors (Lipinski definition) is 0. The fourth-order valence-electron chi connectivity index (χ4n) is 2.64. The molecule has 4 nitrogen and oxygen atoms in total. The average molecular weight is 366 g/mol. The monoisotopic (exact) mass is 366 g/mol. The van der Waals surface area contributed by atoms with Crippen molar-refractivity contribution in [1.82, 2.24) is 9.88 Å². The first kappa shape index (κ1) is 17.8. The van der Waals surface area contributed by atoms with Gasteiger partial charge in [0.15, 0.2) is 0 Å². The fourth-order valence-corrected chi connectivity index (χ4v) is 3.67. The molecule has 0 radical (unpaired) electrons. The van der Waals surface area contributed by atoms with Gasteiger partial charge in [0.2, 0.25) is 0 Å². The van der Waals surface area contributed by atoms with Crippen molar-refractivity contribution in [2.75, 3.05) is 13.2 Å². The van der Waals surface area contributed by atoms with Gasteiger partial charge in [-0.15, -0.1) is 11.3 Å². The summed E-state index contributed by atoms with van der Waals surface area (Å²) in [5, 5.41) is 0.705. The Kier molecular flexibility index (Phi) is 5.32. The van der Waals surface area contributed by atoms with E-state index in [1.54, 1.807) is 6.92 Å². The van der Waals surface area contributed by atoms with Gasteiger partial charge in [-0.2, -0.15) is 0 Å². The third-order valence-corrected chi connectivity index (χ3v) is 5.18. The van der Waals surface area contributed by atoms with Crippen LogP contribution < -0.4 is 4.74 Å². The van der Waals surface area contributed by atoms with Gasteiger partial charge in [-0.3, -0.25) is 4.79 Å². The SMILES string of the molecule is CCOc1ccc(-c2nc(C)c(C(=O)N(CC(F)F)C3CC3)s2)cc1. The normalized spacial score (nSPS) is 14.0. The number of amides is 1. The highest BCUT2D eigenvalue weighted by molar-refractivity contribution is 7.17. The molecule has 1 amide bonds. The van der Waals surface area contributed by atoms with Crippen molar-refractivity contribution in [2.24, 2.45) is 0 Å². The smallest absolute Gasteiger partial charge is 0.266 e. The summed E-state index contributed by atoms with van der Waals surface area (Å²) < 4.78 is 31.0. The number of aryl methyl sites for hydroxylation is 1. The number of carbonyl (C=O) groups is 1. The van der Waals surface area contributed by atoms with E-state index in [1.807, 2.05) is 31.2 Å². The van der Waals surface area contributed by atoms with Crippen LogP contribution in [-0.2, 0) is 0 Å². The molecule has 0 saturated heterocycles. The summed E-state index contributed by atoms with van der Waals surface area (Å²) in [5.41, 5.74) is 1.46. The minimum absolute atomic E-state index is 0.0584. The lowest BCUT2D eigenvalue weighted by Crippen LogP contribution is -2.36. The van der Waals surface area contributed by atoms with Gasteiger partial charge in [0.1, 0.15) is 15.6 Å². The van der Waals surface area contributed by atoms with E-state index >= 15 is 0 Å². The van der Waals surface area contributed by atoms with Gasteiger partial charge in [-0.1, -0.05) is 0 Å². The number of alkyl halides is 2. The molecule has 0 aliphatic heterocycles. The maximum absolute atomic E-state index is 12.8. The van der Waals surface area contributed by atoms with Crippen molar-refractivity contribution in [3.63, 3.8) is 0 Å². The van der Waals surface area contributed by atoms with E-state index in [4.69, 9.17) is 4.74 Å². The van der Waals surface area contributed by atoms with Crippen molar-refractivity contribution in [3.05, 3.63) is 34.8 Å². The summed E-state index contributed by atoms with van der Waals surface area (Å²) in [6, 6.07) is 7.41. The van der Waals surface area contributed by atoms with Crippen molar-refractivity contribution in [1.29, 1.82) is 0 Å². The highest BCUT2D eigenvalue weighted by atomic mass is 32.1. The van der Waals surface area contributed by atoms with Crippen LogP contribution in [0.3, 0.4) is 0 Å². The van der Waals surface area contributed by atoms with Gasteiger partial charge < -0.3 is 9.64 Å². The predicted octanol–water partition coefficient (Wildman–Crippen LogP) is 4.39. The first-order valence-electron chi connectivity index (χ1n) is 8.29. The number of carbonyl (C=O) groups excluding carboxylic acids is 1. The van der Waals surface area contributed by atoms with E-state index in [0.717, 1.165) is 24.2 Å². The number of benzene rings is 1. The van der Waals surface area contributed by atoms with Gasteiger partial charge in [-0.05, 0) is 51.0 Å². The Labute approximate surface area is 149 Å². The third-order valence-electron chi connectivity index (χ3n) is 3.99. The lowest BCUT2D eigenvalue weighted by Gasteiger charge is -2.21. The van der Waals surface area contributed by atoms with Crippen molar-refractivity contribution < 1.29 is 18.3 Å². The molecule has 1 saturated carbocycles. The number of halogens is 2. The van der Waals surface area contributed by atoms with Crippen molar-refractivity contribution >= 4 is 17.2 Å². The Hall–Kier alpha value is -2.02. The Morgan fingerprint density at radius 3 is 2.60 bits per heavy atom. The number of thiazole rings is 1. The quantitative estimate of drug-likeness (QED) is 0.730. The van der Waals surface area contributed by atoms with Crippen LogP contribution in [0, 0.1) is 6.92 Å². The number of nitrogens with zero attached hydrogens (tertiary/aromatic N) is 2. The maximum Gasteiger partial charge on any atom is 0.266 e. The van der Waals surface area contributed by atoms with Crippen LogP contribution in [0.15, 0.2) is 24.3 Å². The second kappa shape index (κ2) is 7.47. The first-order chi connectivity index (χ1) is 12.0. The largest absolute Gasteiger partial charge is 0.494 e. The molecule has 25 heavy (non-hydrogen) atoms. The second-order valence-electron chi connectivity index (χ2n) is 5.97. The molecule has 1 aliphatic carbocycles. The van der Waals surface area contributed by atoms with Gasteiger partial charge in [-0.25, -0.2) is 13.8 Å². The van der Waals surface area contributed by atoms with E-state index in [9.17, 15) is 13.6 Å². The minimum atomic E-state index is -2.52. The zero-order valence-electron chi connectivity index (χ0n) is 14.2. The van der Waals surface area contributed by atoms with E-state index < -0.39 is 13.0 Å². The van der Waals surface area contributed by atoms with Crippen LogP contribution in [0.4, 0.5) is 8.78 Å². The minimum Gasteiger partial charge on any atom is -0.494 e. The summed E-state index contributed by atoms with van der Waals surface area (Å²) in [7, 11) is 0. The summed E-state index contributed by atoms with van der Waals surface area (Å²) >= 11 is 1.25. The van der Waals surface area contributed by atoms with Gasteiger partial charge >= 0.3 is 0 Å². The third kappa shape index (κ3) is 4.15. The van der Waals surface area contributed by atoms with Gasteiger partial charge in [0.05, 0.1) is 18.8 Å². The number of aromatic nitrogens is 1. The Morgan fingerprint density at radius 2 is 2.04 bits per heavy atom. The van der Waals surface area contributed by atoms with E-state index in [0.29, 0.717) is 22.2 Å². The zero-order chi connectivity index (χ0) is 18.0. The molecule has 0 spiro atoms. The molecular weight excluding hydrogens is 346 g/mol. The molecule has 1 aromatic heterocycles. The molecule has 0 atom stereocenters. The molecule has 134 valence electrons. The predicted molar refractivity (Wildman–Crippen MR) is 93.5 cm³/mol. The molecule has 0 N–H and O–H groups in total. The molecule has 3 rings (SSSR count). The highest BCUT2D eigenvalue weighted by Gasteiger charge is 2.36. The fraction of sp³-hybridized carbons (Fsp3) is 0.444. The van der Waals surface area contributed by atoms with Crippen LogP contribution in [0.1, 0.15) is 35.1 Å². The summed E-state index contributed by atoms with van der Waals surface area (Å²) in [4.78, 5) is 18.9. The molecular formula is C18H20F2N2O2S.